The zero-order valence-corrected chi connectivity index (χ0v) is 13.4. The Hall–Kier alpha value is -2.22. The average Bonchev–Trinajstić information content (AvgIpc) is 2.42. The van der Waals surface area contributed by atoms with Gasteiger partial charge in [0.15, 0.2) is 0 Å². The Morgan fingerprint density at radius 2 is 1.73 bits per heavy atom. The number of nitro benzene ring substituents is 2. The van der Waals surface area contributed by atoms with Gasteiger partial charge < -0.3 is 9.80 Å². The third-order valence-corrected chi connectivity index (χ3v) is 3.11. The molecule has 0 aliphatic heterocycles. The number of anilines is 1. The third kappa shape index (κ3) is 4.96. The van der Waals surface area contributed by atoms with Crippen LogP contribution in [0.15, 0.2) is 18.2 Å². The molecule has 0 amide bonds. The molecule has 0 heterocycles. The SMILES string of the molecule is CC(C)CN(CCN(C)C)c1ccc([N+](=O)[O-])cc1[N+](=O)[O-]. The van der Waals surface area contributed by atoms with E-state index in [2.05, 4.69) is 0 Å². The zero-order valence-electron chi connectivity index (χ0n) is 13.4. The highest BCUT2D eigenvalue weighted by Crippen LogP contribution is 2.32. The van der Waals surface area contributed by atoms with E-state index in [9.17, 15) is 20.2 Å². The van der Waals surface area contributed by atoms with E-state index in [1.807, 2.05) is 37.7 Å². The molecule has 8 nitrogen and oxygen atoms in total. The van der Waals surface area contributed by atoms with Crippen LogP contribution in [0.1, 0.15) is 13.8 Å². The fourth-order valence-corrected chi connectivity index (χ4v) is 2.11. The van der Waals surface area contributed by atoms with Crippen molar-refractivity contribution in [3.8, 4) is 0 Å². The highest BCUT2D eigenvalue weighted by molar-refractivity contribution is 5.66. The maximum Gasteiger partial charge on any atom is 0.299 e. The van der Waals surface area contributed by atoms with Crippen molar-refractivity contribution in [1.82, 2.24) is 4.90 Å². The van der Waals surface area contributed by atoms with Gasteiger partial charge in [-0.3, -0.25) is 20.2 Å². The van der Waals surface area contributed by atoms with Crippen LogP contribution in [-0.4, -0.2) is 48.5 Å². The Morgan fingerprint density at radius 3 is 2.18 bits per heavy atom. The van der Waals surface area contributed by atoms with Crippen LogP contribution in [0.5, 0.6) is 0 Å². The van der Waals surface area contributed by atoms with E-state index in [1.165, 1.54) is 12.1 Å². The molecular formula is C14H22N4O4. The van der Waals surface area contributed by atoms with Gasteiger partial charge in [0.25, 0.3) is 11.4 Å². The first-order valence-corrected chi connectivity index (χ1v) is 7.05. The second kappa shape index (κ2) is 7.69. The topological polar surface area (TPSA) is 92.8 Å². The standard InChI is InChI=1S/C14H22N4O4/c1-11(2)10-16(8-7-15(3)4)13-6-5-12(17(19)20)9-14(13)18(21)22/h5-6,9,11H,7-8,10H2,1-4H3. The number of likely N-dealkylation sites (N-methyl/N-ethyl adjacent to an activating group) is 1. The Kier molecular flexibility index (Phi) is 6.24. The number of rotatable bonds is 8. The van der Waals surface area contributed by atoms with Crippen molar-refractivity contribution >= 4 is 17.1 Å². The van der Waals surface area contributed by atoms with Gasteiger partial charge in [0.05, 0.1) is 15.9 Å². The highest BCUT2D eigenvalue weighted by Gasteiger charge is 2.23. The largest absolute Gasteiger partial charge is 0.364 e. The lowest BCUT2D eigenvalue weighted by molar-refractivity contribution is -0.393. The van der Waals surface area contributed by atoms with Gasteiger partial charge in [0, 0.05) is 25.7 Å². The molecule has 122 valence electrons. The van der Waals surface area contributed by atoms with Crippen molar-refractivity contribution in [2.45, 2.75) is 13.8 Å². The fraction of sp³-hybridized carbons (Fsp3) is 0.571. The Labute approximate surface area is 129 Å². The Bertz CT molecular complexity index is 546. The van der Waals surface area contributed by atoms with Crippen LogP contribution in [0.4, 0.5) is 17.1 Å². The second-order valence-electron chi connectivity index (χ2n) is 5.83. The number of nitrogens with zero attached hydrogens (tertiary/aromatic N) is 4. The first kappa shape index (κ1) is 17.8. The van der Waals surface area contributed by atoms with Crippen LogP contribution in [0.2, 0.25) is 0 Å². The van der Waals surface area contributed by atoms with Crippen molar-refractivity contribution in [3.05, 3.63) is 38.4 Å². The summed E-state index contributed by atoms with van der Waals surface area (Å²) >= 11 is 0. The Balaban J connectivity index is 3.21. The summed E-state index contributed by atoms with van der Waals surface area (Å²) in [5.41, 5.74) is -0.0766. The molecular weight excluding hydrogens is 288 g/mol. The van der Waals surface area contributed by atoms with Crippen molar-refractivity contribution in [2.75, 3.05) is 38.6 Å². The zero-order chi connectivity index (χ0) is 16.9. The van der Waals surface area contributed by atoms with Crippen molar-refractivity contribution in [3.63, 3.8) is 0 Å². The van der Waals surface area contributed by atoms with Gasteiger partial charge in [0.1, 0.15) is 5.69 Å². The molecule has 0 bridgehead atoms. The second-order valence-corrected chi connectivity index (χ2v) is 5.83. The van der Waals surface area contributed by atoms with Gasteiger partial charge in [-0.25, -0.2) is 0 Å². The average molecular weight is 310 g/mol. The lowest BCUT2D eigenvalue weighted by Gasteiger charge is -2.27. The van der Waals surface area contributed by atoms with Gasteiger partial charge in [-0.2, -0.15) is 0 Å². The van der Waals surface area contributed by atoms with Gasteiger partial charge >= 0.3 is 0 Å². The molecule has 0 radical (unpaired) electrons. The lowest BCUT2D eigenvalue weighted by Crippen LogP contribution is -2.34. The smallest absolute Gasteiger partial charge is 0.299 e. The lowest BCUT2D eigenvalue weighted by atomic mass is 10.1. The van der Waals surface area contributed by atoms with Crippen LogP contribution in [0.25, 0.3) is 0 Å². The molecule has 0 aromatic heterocycles. The molecule has 1 aromatic carbocycles. The normalized spacial score (nSPS) is 11.0. The molecule has 0 aliphatic rings. The van der Waals surface area contributed by atoms with Crippen LogP contribution >= 0.6 is 0 Å². The maximum absolute atomic E-state index is 11.3. The summed E-state index contributed by atoms with van der Waals surface area (Å²) in [6, 6.07) is 3.80. The summed E-state index contributed by atoms with van der Waals surface area (Å²) in [6.07, 6.45) is 0. The Morgan fingerprint density at radius 1 is 1.09 bits per heavy atom. The van der Waals surface area contributed by atoms with Crippen LogP contribution in [-0.2, 0) is 0 Å². The summed E-state index contributed by atoms with van der Waals surface area (Å²) in [4.78, 5) is 24.8. The molecule has 22 heavy (non-hydrogen) atoms. The summed E-state index contributed by atoms with van der Waals surface area (Å²) in [5.74, 6) is 0.317. The van der Waals surface area contributed by atoms with E-state index in [1.54, 1.807) is 0 Å². The summed E-state index contributed by atoms with van der Waals surface area (Å²) < 4.78 is 0. The first-order chi connectivity index (χ1) is 10.2. The predicted octanol–water partition coefficient (Wildman–Crippen LogP) is 2.53. The van der Waals surface area contributed by atoms with Gasteiger partial charge in [-0.1, -0.05) is 13.8 Å². The van der Waals surface area contributed by atoms with Crippen molar-refractivity contribution in [2.24, 2.45) is 5.92 Å². The van der Waals surface area contributed by atoms with Gasteiger partial charge in [-0.05, 0) is 26.1 Å². The van der Waals surface area contributed by atoms with Gasteiger partial charge in [-0.15, -0.1) is 0 Å². The number of benzene rings is 1. The molecule has 1 aromatic rings. The van der Waals surface area contributed by atoms with E-state index in [0.717, 1.165) is 12.6 Å². The molecule has 1 rings (SSSR count). The predicted molar refractivity (Wildman–Crippen MR) is 85.4 cm³/mol. The number of nitro groups is 2. The quantitative estimate of drug-likeness (QED) is 0.541. The summed E-state index contributed by atoms with van der Waals surface area (Å²) in [7, 11) is 3.86. The minimum Gasteiger partial charge on any atom is -0.364 e. The van der Waals surface area contributed by atoms with Crippen LogP contribution in [0, 0.1) is 26.1 Å². The molecule has 0 fully saturated rings. The van der Waals surface area contributed by atoms with E-state index < -0.39 is 9.85 Å². The number of hydrogen-bond acceptors (Lipinski definition) is 6. The molecule has 0 atom stereocenters. The third-order valence-electron chi connectivity index (χ3n) is 3.11. The highest BCUT2D eigenvalue weighted by atomic mass is 16.6. The molecule has 0 unspecified atom stereocenters. The van der Waals surface area contributed by atoms with E-state index in [-0.39, 0.29) is 11.4 Å². The molecule has 0 spiro atoms. The minimum absolute atomic E-state index is 0.228. The number of hydrogen-bond donors (Lipinski definition) is 0. The van der Waals surface area contributed by atoms with Crippen LogP contribution in [0.3, 0.4) is 0 Å². The fourth-order valence-electron chi connectivity index (χ4n) is 2.11. The molecule has 0 saturated carbocycles. The van der Waals surface area contributed by atoms with E-state index in [4.69, 9.17) is 0 Å². The summed E-state index contributed by atoms with van der Waals surface area (Å²) in [5, 5.41) is 22.1. The maximum atomic E-state index is 11.3. The van der Waals surface area contributed by atoms with E-state index in [0.29, 0.717) is 24.7 Å². The monoisotopic (exact) mass is 310 g/mol. The molecule has 0 saturated heterocycles. The summed E-state index contributed by atoms with van der Waals surface area (Å²) in [6.45, 7) is 6.05. The molecule has 0 aliphatic carbocycles. The minimum atomic E-state index is -0.622. The van der Waals surface area contributed by atoms with Crippen molar-refractivity contribution in [1.29, 1.82) is 0 Å². The van der Waals surface area contributed by atoms with Gasteiger partial charge in [0.2, 0.25) is 0 Å². The van der Waals surface area contributed by atoms with Crippen LogP contribution < -0.4 is 4.90 Å². The molecule has 0 N–H and O–H groups in total. The number of non-ortho nitro benzene ring substituents is 1. The molecule has 8 heteroatoms. The van der Waals surface area contributed by atoms with E-state index >= 15 is 0 Å². The van der Waals surface area contributed by atoms with Crippen molar-refractivity contribution < 1.29 is 9.85 Å². The first-order valence-electron chi connectivity index (χ1n) is 7.05.